The number of halogens is 1. The lowest BCUT2D eigenvalue weighted by molar-refractivity contribution is 0.0600. The Hall–Kier alpha value is -3.45. The molecule has 136 valence electrons. The molecule has 0 bridgehead atoms. The normalized spacial score (nSPS) is 10.1. The van der Waals surface area contributed by atoms with Gasteiger partial charge in [0.2, 0.25) is 0 Å². The minimum Gasteiger partial charge on any atom is -0.465 e. The number of rotatable bonds is 5. The molecule has 3 rings (SSSR count). The number of nitrogens with one attached hydrogen (secondary N) is 2. The maximum Gasteiger partial charge on any atom is 0.337 e. The molecule has 0 spiro atoms. The molecule has 0 atom stereocenters. The fraction of sp³-hybridized carbons (Fsp3) is 0.0526. The molecule has 0 radical (unpaired) electrons. The standard InChI is InChI=1S/C19H15ClN4O3/c1-27-19(26)13-7-8-14(20)15(11-13)21-16-9-10-17(24-23-16)22-18(25)12-5-3-2-4-6-12/h2-11H,1H3,(H,21,23)(H,22,24,25). The second-order valence-corrected chi connectivity index (χ2v) is 5.84. The summed E-state index contributed by atoms with van der Waals surface area (Å²) in [7, 11) is 1.30. The maximum atomic E-state index is 12.1. The van der Waals surface area contributed by atoms with Crippen LogP contribution in [0.3, 0.4) is 0 Å². The first-order valence-corrected chi connectivity index (χ1v) is 8.29. The Morgan fingerprint density at radius 2 is 1.63 bits per heavy atom. The van der Waals surface area contributed by atoms with Crippen LogP contribution < -0.4 is 10.6 Å². The number of nitrogens with zero attached hydrogens (tertiary/aromatic N) is 2. The summed E-state index contributed by atoms with van der Waals surface area (Å²) in [6.07, 6.45) is 0. The summed E-state index contributed by atoms with van der Waals surface area (Å²) in [4.78, 5) is 23.7. The van der Waals surface area contributed by atoms with Gasteiger partial charge in [-0.2, -0.15) is 0 Å². The zero-order valence-corrected chi connectivity index (χ0v) is 15.0. The Kier molecular flexibility index (Phi) is 5.63. The number of hydrogen-bond donors (Lipinski definition) is 2. The van der Waals surface area contributed by atoms with Crippen molar-refractivity contribution in [3.8, 4) is 0 Å². The van der Waals surface area contributed by atoms with Crippen LogP contribution in [0.5, 0.6) is 0 Å². The second-order valence-electron chi connectivity index (χ2n) is 5.44. The minimum absolute atomic E-state index is 0.278. The maximum absolute atomic E-state index is 12.1. The average molecular weight is 383 g/mol. The molecule has 0 fully saturated rings. The molecule has 8 heteroatoms. The van der Waals surface area contributed by atoms with Crippen molar-refractivity contribution < 1.29 is 14.3 Å². The molecule has 0 unspecified atom stereocenters. The third-order valence-electron chi connectivity index (χ3n) is 3.59. The van der Waals surface area contributed by atoms with Gasteiger partial charge in [0, 0.05) is 5.56 Å². The first kappa shape index (κ1) is 18.3. The summed E-state index contributed by atoms with van der Waals surface area (Å²) in [6, 6.07) is 16.7. The molecule has 2 aromatic carbocycles. The first-order chi connectivity index (χ1) is 13.1. The van der Waals surface area contributed by atoms with Crippen molar-refractivity contribution in [1.82, 2.24) is 10.2 Å². The van der Waals surface area contributed by atoms with E-state index in [-0.39, 0.29) is 5.91 Å². The van der Waals surface area contributed by atoms with Gasteiger partial charge in [-0.15, -0.1) is 10.2 Å². The van der Waals surface area contributed by atoms with Gasteiger partial charge in [0.25, 0.3) is 5.91 Å². The van der Waals surface area contributed by atoms with Crippen molar-refractivity contribution in [2.75, 3.05) is 17.7 Å². The fourth-order valence-corrected chi connectivity index (χ4v) is 2.41. The number of carbonyl (C=O) groups is 2. The van der Waals surface area contributed by atoms with E-state index in [1.807, 2.05) is 6.07 Å². The van der Waals surface area contributed by atoms with Crippen LogP contribution in [0.25, 0.3) is 0 Å². The molecule has 0 saturated carbocycles. The van der Waals surface area contributed by atoms with Crippen LogP contribution in [-0.2, 0) is 4.74 Å². The quantitative estimate of drug-likeness (QED) is 0.650. The predicted octanol–water partition coefficient (Wildman–Crippen LogP) is 3.91. The molecule has 1 heterocycles. The third kappa shape index (κ3) is 4.59. The van der Waals surface area contributed by atoms with Crippen LogP contribution in [0, 0.1) is 0 Å². The number of ether oxygens (including phenoxy) is 1. The van der Waals surface area contributed by atoms with Crippen molar-refractivity contribution in [2.24, 2.45) is 0 Å². The monoisotopic (exact) mass is 382 g/mol. The van der Waals surface area contributed by atoms with E-state index in [0.717, 1.165) is 0 Å². The lowest BCUT2D eigenvalue weighted by atomic mass is 10.2. The molecular formula is C19H15ClN4O3. The molecule has 0 saturated heterocycles. The van der Waals surface area contributed by atoms with Gasteiger partial charge in [0.1, 0.15) is 0 Å². The van der Waals surface area contributed by atoms with Crippen LogP contribution >= 0.6 is 11.6 Å². The Bertz CT molecular complexity index is 962. The van der Waals surface area contributed by atoms with E-state index in [0.29, 0.717) is 33.5 Å². The topological polar surface area (TPSA) is 93.2 Å². The second kappa shape index (κ2) is 8.29. The van der Waals surface area contributed by atoms with E-state index in [1.54, 1.807) is 54.6 Å². The van der Waals surface area contributed by atoms with Gasteiger partial charge in [-0.05, 0) is 42.5 Å². The molecule has 0 aliphatic rings. The summed E-state index contributed by atoms with van der Waals surface area (Å²) < 4.78 is 4.69. The fourth-order valence-electron chi connectivity index (χ4n) is 2.25. The predicted molar refractivity (Wildman–Crippen MR) is 103 cm³/mol. The van der Waals surface area contributed by atoms with Crippen LogP contribution in [0.15, 0.2) is 60.7 Å². The molecule has 7 nitrogen and oxygen atoms in total. The van der Waals surface area contributed by atoms with Gasteiger partial charge in [-0.1, -0.05) is 29.8 Å². The number of benzene rings is 2. The Morgan fingerprint density at radius 1 is 0.926 bits per heavy atom. The summed E-state index contributed by atoms with van der Waals surface area (Å²) in [5.41, 5.74) is 1.35. The minimum atomic E-state index is -0.472. The zero-order valence-electron chi connectivity index (χ0n) is 14.3. The number of methoxy groups -OCH3 is 1. The van der Waals surface area contributed by atoms with Crippen LogP contribution in [0.2, 0.25) is 5.02 Å². The van der Waals surface area contributed by atoms with E-state index in [2.05, 4.69) is 20.8 Å². The lowest BCUT2D eigenvalue weighted by Crippen LogP contribution is -2.13. The van der Waals surface area contributed by atoms with Crippen molar-refractivity contribution in [3.63, 3.8) is 0 Å². The molecule has 1 amide bonds. The third-order valence-corrected chi connectivity index (χ3v) is 3.92. The lowest BCUT2D eigenvalue weighted by Gasteiger charge is -2.09. The van der Waals surface area contributed by atoms with Crippen LogP contribution in [0.4, 0.5) is 17.3 Å². The Balaban J connectivity index is 1.71. The first-order valence-electron chi connectivity index (χ1n) is 7.92. The SMILES string of the molecule is COC(=O)c1ccc(Cl)c(Nc2ccc(NC(=O)c3ccccc3)nn2)c1. The van der Waals surface area contributed by atoms with E-state index < -0.39 is 5.97 Å². The van der Waals surface area contributed by atoms with Crippen LogP contribution in [-0.4, -0.2) is 29.2 Å². The molecule has 27 heavy (non-hydrogen) atoms. The van der Waals surface area contributed by atoms with Gasteiger partial charge >= 0.3 is 5.97 Å². The Labute approximate surface area is 160 Å². The van der Waals surface area contributed by atoms with Gasteiger partial charge < -0.3 is 15.4 Å². The zero-order chi connectivity index (χ0) is 19.2. The summed E-state index contributed by atoms with van der Waals surface area (Å²) in [5, 5.41) is 14.0. The highest BCUT2D eigenvalue weighted by molar-refractivity contribution is 6.33. The number of hydrogen-bond acceptors (Lipinski definition) is 6. The van der Waals surface area contributed by atoms with Gasteiger partial charge in [-0.3, -0.25) is 4.79 Å². The smallest absolute Gasteiger partial charge is 0.337 e. The van der Waals surface area contributed by atoms with Crippen molar-refractivity contribution >= 4 is 40.8 Å². The number of esters is 1. The largest absolute Gasteiger partial charge is 0.465 e. The molecule has 0 aliphatic heterocycles. The number of carbonyl (C=O) groups excluding carboxylic acids is 2. The van der Waals surface area contributed by atoms with Gasteiger partial charge in [0.05, 0.1) is 23.4 Å². The molecular weight excluding hydrogens is 368 g/mol. The van der Waals surface area contributed by atoms with Gasteiger partial charge in [0.15, 0.2) is 11.6 Å². The van der Waals surface area contributed by atoms with Crippen molar-refractivity contribution in [2.45, 2.75) is 0 Å². The van der Waals surface area contributed by atoms with Crippen molar-refractivity contribution in [3.05, 3.63) is 76.8 Å². The summed E-state index contributed by atoms with van der Waals surface area (Å²) in [5.74, 6) is -0.0420. The highest BCUT2D eigenvalue weighted by Gasteiger charge is 2.10. The summed E-state index contributed by atoms with van der Waals surface area (Å²) in [6.45, 7) is 0. The van der Waals surface area contributed by atoms with E-state index in [1.165, 1.54) is 7.11 Å². The number of amides is 1. The van der Waals surface area contributed by atoms with E-state index in [4.69, 9.17) is 16.3 Å². The van der Waals surface area contributed by atoms with E-state index >= 15 is 0 Å². The molecule has 1 aromatic heterocycles. The summed E-state index contributed by atoms with van der Waals surface area (Å²) >= 11 is 6.14. The number of aromatic nitrogens is 2. The molecule has 2 N–H and O–H groups in total. The highest BCUT2D eigenvalue weighted by atomic mass is 35.5. The Morgan fingerprint density at radius 3 is 2.30 bits per heavy atom. The molecule has 0 aliphatic carbocycles. The van der Waals surface area contributed by atoms with Gasteiger partial charge in [-0.25, -0.2) is 4.79 Å². The average Bonchev–Trinajstić information content (AvgIpc) is 2.71. The van der Waals surface area contributed by atoms with E-state index in [9.17, 15) is 9.59 Å². The van der Waals surface area contributed by atoms with Crippen LogP contribution in [0.1, 0.15) is 20.7 Å². The number of anilines is 3. The van der Waals surface area contributed by atoms with Crippen molar-refractivity contribution in [1.29, 1.82) is 0 Å². The molecule has 3 aromatic rings. The highest BCUT2D eigenvalue weighted by Crippen LogP contribution is 2.26.